The van der Waals surface area contributed by atoms with E-state index < -0.39 is 8.30 Å². The molecular weight excluding hydrogens is 640 g/mol. The van der Waals surface area contributed by atoms with Gasteiger partial charge in [0.2, 0.25) is 0 Å². The van der Waals surface area contributed by atoms with E-state index >= 15 is 0 Å². The quantitative estimate of drug-likeness (QED) is 0.0361. The highest BCUT2D eigenvalue weighted by molar-refractivity contribution is 7.50. The van der Waals surface area contributed by atoms with Gasteiger partial charge >= 0.3 is 0 Å². The SMILES string of the molecule is CCCCC/C=C\C/C=C\CCCCCCCCC(CCCCCCCC/C=C\C/C=C\CCCCC)OP(CCCC#N)N(C(C)C)C(C)C. The van der Waals surface area contributed by atoms with E-state index in [1.807, 2.05) is 0 Å². The molecule has 0 rings (SSSR count). The van der Waals surface area contributed by atoms with E-state index in [-0.39, 0.29) is 0 Å². The number of nitrogens with zero attached hydrogens (tertiary/aromatic N) is 2. The Morgan fingerprint density at radius 1 is 0.510 bits per heavy atom. The van der Waals surface area contributed by atoms with Crippen molar-refractivity contribution in [2.45, 2.75) is 240 Å². The van der Waals surface area contributed by atoms with Gasteiger partial charge in [-0.3, -0.25) is 4.67 Å². The molecule has 4 heteroatoms. The molecule has 0 radical (unpaired) electrons. The lowest BCUT2D eigenvalue weighted by Crippen LogP contribution is -2.34. The fourth-order valence-corrected chi connectivity index (χ4v) is 9.23. The number of rotatable bonds is 38. The minimum atomic E-state index is -0.682. The van der Waals surface area contributed by atoms with E-state index in [1.165, 1.54) is 154 Å². The summed E-state index contributed by atoms with van der Waals surface area (Å²) in [6, 6.07) is 3.29. The van der Waals surface area contributed by atoms with Crippen LogP contribution in [0.5, 0.6) is 0 Å². The minimum Gasteiger partial charge on any atom is -0.340 e. The molecule has 0 bridgehead atoms. The first-order chi connectivity index (χ1) is 25.0. The van der Waals surface area contributed by atoms with Gasteiger partial charge in [0.15, 0.2) is 0 Å². The first-order valence-electron chi connectivity index (χ1n) is 22.2. The largest absolute Gasteiger partial charge is 0.340 e. The molecule has 0 aromatic heterocycles. The topological polar surface area (TPSA) is 36.3 Å². The van der Waals surface area contributed by atoms with Crippen LogP contribution in [-0.2, 0) is 4.52 Å². The molecule has 0 aliphatic heterocycles. The van der Waals surface area contributed by atoms with Gasteiger partial charge in [-0.15, -0.1) is 0 Å². The molecule has 0 N–H and O–H groups in total. The van der Waals surface area contributed by atoms with Crippen LogP contribution in [0.25, 0.3) is 0 Å². The summed E-state index contributed by atoms with van der Waals surface area (Å²) in [5.74, 6) is 0. The van der Waals surface area contributed by atoms with E-state index in [2.05, 4.69) is 101 Å². The summed E-state index contributed by atoms with van der Waals surface area (Å²) in [6.45, 7) is 13.8. The van der Waals surface area contributed by atoms with E-state index in [0.717, 1.165) is 25.4 Å². The molecule has 0 heterocycles. The van der Waals surface area contributed by atoms with Crippen LogP contribution in [0.1, 0.15) is 221 Å². The average molecular weight is 727 g/mol. The highest BCUT2D eigenvalue weighted by Crippen LogP contribution is 2.47. The predicted octanol–water partition coefficient (Wildman–Crippen LogP) is 16.5. The van der Waals surface area contributed by atoms with Crippen molar-refractivity contribution in [2.24, 2.45) is 0 Å². The standard InChI is InChI=1S/C47H87N2OP/c1-7-9-11-13-15-17-19-21-23-25-27-29-31-33-35-37-41-47(50-51(44-40-39-43-48)49(45(3)4)46(5)6)42-38-36-34-32-30-28-26-24-22-20-18-16-14-12-10-8-2/h15-18,21-24,45-47H,7-14,19-20,25-42,44H2,1-6H3/b17-15-,18-16-,23-21-,24-22-. The Labute approximate surface area is 322 Å². The Hall–Kier alpha value is -1.20. The molecule has 296 valence electrons. The smallest absolute Gasteiger partial charge is 0.105 e. The van der Waals surface area contributed by atoms with Crippen molar-refractivity contribution in [2.75, 3.05) is 6.16 Å². The molecule has 0 aromatic rings. The third-order valence-corrected chi connectivity index (χ3v) is 12.4. The van der Waals surface area contributed by atoms with E-state index in [1.54, 1.807) is 0 Å². The highest BCUT2D eigenvalue weighted by Gasteiger charge is 2.27. The maximum Gasteiger partial charge on any atom is 0.105 e. The van der Waals surface area contributed by atoms with Gasteiger partial charge in [0.1, 0.15) is 8.30 Å². The summed E-state index contributed by atoms with van der Waals surface area (Å²) in [4.78, 5) is 0. The molecule has 0 spiro atoms. The number of nitriles is 1. The van der Waals surface area contributed by atoms with Gasteiger partial charge in [-0.2, -0.15) is 5.26 Å². The van der Waals surface area contributed by atoms with Gasteiger partial charge in [-0.1, -0.05) is 152 Å². The van der Waals surface area contributed by atoms with Gasteiger partial charge in [-0.05, 0) is 111 Å². The van der Waals surface area contributed by atoms with E-state index in [4.69, 9.17) is 4.52 Å². The number of allylic oxidation sites excluding steroid dienone is 8. The van der Waals surface area contributed by atoms with Crippen LogP contribution in [0.15, 0.2) is 48.6 Å². The molecule has 1 atom stereocenters. The summed E-state index contributed by atoms with van der Waals surface area (Å²) < 4.78 is 9.69. The normalized spacial score (nSPS) is 13.2. The second-order valence-electron chi connectivity index (χ2n) is 15.4. The molecule has 51 heavy (non-hydrogen) atoms. The van der Waals surface area contributed by atoms with Crippen LogP contribution >= 0.6 is 8.30 Å². The summed E-state index contributed by atoms with van der Waals surface area (Å²) in [5, 5.41) is 9.23. The summed E-state index contributed by atoms with van der Waals surface area (Å²) >= 11 is 0. The van der Waals surface area contributed by atoms with Crippen LogP contribution in [0.3, 0.4) is 0 Å². The zero-order valence-electron chi connectivity index (χ0n) is 35.1. The third-order valence-electron chi connectivity index (χ3n) is 9.68. The second kappa shape index (κ2) is 40.0. The van der Waals surface area contributed by atoms with Gasteiger partial charge in [-0.25, -0.2) is 0 Å². The molecule has 1 unspecified atom stereocenters. The van der Waals surface area contributed by atoms with Gasteiger partial charge in [0.05, 0.1) is 12.2 Å². The Bertz CT molecular complexity index is 814. The molecule has 0 fully saturated rings. The van der Waals surface area contributed by atoms with Crippen molar-refractivity contribution in [3.05, 3.63) is 48.6 Å². The van der Waals surface area contributed by atoms with Crippen LogP contribution < -0.4 is 0 Å². The maximum absolute atomic E-state index is 9.23. The summed E-state index contributed by atoms with van der Waals surface area (Å²) in [6.07, 6.45) is 55.3. The van der Waals surface area contributed by atoms with E-state index in [9.17, 15) is 5.26 Å². The van der Waals surface area contributed by atoms with Crippen molar-refractivity contribution in [1.82, 2.24) is 4.67 Å². The van der Waals surface area contributed by atoms with Gasteiger partial charge in [0, 0.05) is 24.7 Å². The summed E-state index contributed by atoms with van der Waals surface area (Å²) in [5.41, 5.74) is 0. The monoisotopic (exact) mass is 727 g/mol. The second-order valence-corrected chi connectivity index (χ2v) is 17.2. The number of hydrogen-bond donors (Lipinski definition) is 0. The zero-order chi connectivity index (χ0) is 37.5. The Balaban J connectivity index is 4.57. The summed E-state index contributed by atoms with van der Waals surface area (Å²) in [7, 11) is -0.682. The maximum atomic E-state index is 9.23. The lowest BCUT2D eigenvalue weighted by atomic mass is 10.0. The van der Waals surface area contributed by atoms with Crippen LogP contribution in [0.2, 0.25) is 0 Å². The van der Waals surface area contributed by atoms with Crippen LogP contribution in [0, 0.1) is 11.3 Å². The van der Waals surface area contributed by atoms with Gasteiger partial charge in [0.25, 0.3) is 0 Å². The molecule has 3 nitrogen and oxygen atoms in total. The fourth-order valence-electron chi connectivity index (χ4n) is 6.77. The molecular formula is C47H87N2OP. The lowest BCUT2D eigenvalue weighted by Gasteiger charge is -2.39. The molecule has 0 amide bonds. The highest BCUT2D eigenvalue weighted by atomic mass is 31.2. The Morgan fingerprint density at radius 2 is 0.882 bits per heavy atom. The van der Waals surface area contributed by atoms with E-state index in [0.29, 0.717) is 24.6 Å². The van der Waals surface area contributed by atoms with Crippen molar-refractivity contribution in [3.63, 3.8) is 0 Å². The molecule has 0 aromatic carbocycles. The number of hydrogen-bond acceptors (Lipinski definition) is 3. The average Bonchev–Trinajstić information content (AvgIpc) is 3.10. The van der Waals surface area contributed by atoms with Crippen molar-refractivity contribution in [3.8, 4) is 6.07 Å². The third kappa shape index (κ3) is 34.3. The lowest BCUT2D eigenvalue weighted by molar-refractivity contribution is 0.163. The molecule has 0 aliphatic rings. The number of unbranched alkanes of at least 4 members (excludes halogenated alkanes) is 19. The van der Waals surface area contributed by atoms with Gasteiger partial charge < -0.3 is 4.52 Å². The first-order valence-corrected chi connectivity index (χ1v) is 23.6. The Kier molecular flexibility index (Phi) is 39.1. The van der Waals surface area contributed by atoms with Crippen molar-refractivity contribution < 1.29 is 4.52 Å². The molecule has 0 saturated carbocycles. The minimum absolute atomic E-state index is 0.356. The van der Waals surface area contributed by atoms with Crippen molar-refractivity contribution >= 4 is 8.30 Å². The Morgan fingerprint density at radius 3 is 1.25 bits per heavy atom. The molecule has 0 saturated heterocycles. The zero-order valence-corrected chi connectivity index (χ0v) is 36.0. The fraction of sp³-hybridized carbons (Fsp3) is 0.809. The predicted molar refractivity (Wildman–Crippen MR) is 232 cm³/mol. The molecule has 0 aliphatic carbocycles. The first kappa shape index (κ1) is 49.8. The van der Waals surface area contributed by atoms with Crippen molar-refractivity contribution in [1.29, 1.82) is 5.26 Å². The van der Waals surface area contributed by atoms with Crippen LogP contribution in [-0.4, -0.2) is 29.0 Å². The van der Waals surface area contributed by atoms with Crippen LogP contribution in [0.4, 0.5) is 0 Å².